The van der Waals surface area contributed by atoms with Gasteiger partial charge in [-0.2, -0.15) is 0 Å². The first-order chi connectivity index (χ1) is 36.2. The summed E-state index contributed by atoms with van der Waals surface area (Å²) < 4.78 is 12.1. The molecule has 0 saturated heterocycles. The summed E-state index contributed by atoms with van der Waals surface area (Å²) >= 11 is 0. The van der Waals surface area contributed by atoms with Crippen LogP contribution >= 0.6 is 0 Å². The van der Waals surface area contributed by atoms with Crippen LogP contribution in [0.2, 0.25) is 0 Å². The van der Waals surface area contributed by atoms with E-state index >= 15 is 0 Å². The van der Waals surface area contributed by atoms with Gasteiger partial charge in [-0.05, 0) is 110 Å². The molecule has 4 heterocycles. The van der Waals surface area contributed by atoms with E-state index in [9.17, 15) is 0 Å². The highest BCUT2D eigenvalue weighted by Crippen LogP contribution is 2.48. The Balaban J connectivity index is 1.02. The maximum atomic E-state index is 7.23. The lowest BCUT2D eigenvalue weighted by Gasteiger charge is -2.17. The Bertz CT molecular complexity index is 4890. The van der Waals surface area contributed by atoms with Gasteiger partial charge in [-0.25, -0.2) is 15.0 Å². The van der Waals surface area contributed by atoms with Crippen LogP contribution in [0.3, 0.4) is 0 Å². The minimum absolute atomic E-state index is 0.533. The molecule has 16 aromatic rings. The molecule has 0 unspecified atom stereocenters. The normalized spacial score (nSPS) is 12.1. The van der Waals surface area contributed by atoms with Crippen LogP contribution in [0.25, 0.3) is 154 Å². The lowest BCUT2D eigenvalue weighted by Crippen LogP contribution is -2.03. The lowest BCUT2D eigenvalue weighted by atomic mass is 9.96. The van der Waals surface area contributed by atoms with Crippen molar-refractivity contribution in [3.8, 4) is 45.5 Å². The zero-order valence-corrected chi connectivity index (χ0v) is 39.2. The number of aromatic nitrogens is 5. The fraction of sp³-hybridized carbons (Fsp3) is 0. The van der Waals surface area contributed by atoms with Crippen molar-refractivity contribution >= 4 is 109 Å². The summed E-state index contributed by atoms with van der Waals surface area (Å²) in [6.45, 7) is 0. The highest BCUT2D eigenvalue weighted by molar-refractivity contribution is 6.26. The van der Waals surface area contributed by atoms with Crippen LogP contribution in [0.4, 0.5) is 0 Å². The SMILES string of the molecule is c1ccc(-n2c3ccccc3c3cc(-c4nc(-c5ccc6ccccc6c5)nc(-c5c6ccccc6c(-n6c7cc8ccccc8cc7c7cc8ccccc8cc76)c6c5oc5ccccc56)n4)ccc32)cc1. The third kappa shape index (κ3) is 5.95. The standard InChI is InChI=1S/C67H39N5O/c1-2-22-48(23-3-1)71-56-28-14-12-24-49(56)53-37-47(32-33-57(53)71)66-68-65(46-31-30-40-16-4-5-17-41(40)34-46)69-67(70-66)62-50-25-10-11-26-51(50)63(61-52-27-13-15-29-60(52)73-64(61)62)72-58-38-44-20-8-6-18-42(44)35-54(58)55-36-43-19-7-9-21-45(43)39-59(55)72/h1-39H. The zero-order valence-electron chi connectivity index (χ0n) is 39.2. The molecule has 73 heavy (non-hydrogen) atoms. The van der Waals surface area contributed by atoms with Gasteiger partial charge in [-0.15, -0.1) is 0 Å². The molecular formula is C67H39N5O. The van der Waals surface area contributed by atoms with Gasteiger partial charge in [-0.1, -0.05) is 164 Å². The summed E-state index contributed by atoms with van der Waals surface area (Å²) in [5.74, 6) is 1.69. The zero-order chi connectivity index (χ0) is 47.7. The van der Waals surface area contributed by atoms with Crippen LogP contribution in [0.5, 0.6) is 0 Å². The van der Waals surface area contributed by atoms with Crippen LogP contribution in [-0.4, -0.2) is 24.1 Å². The van der Waals surface area contributed by atoms with Gasteiger partial charge in [0.2, 0.25) is 0 Å². The molecule has 0 aliphatic heterocycles. The molecule has 6 nitrogen and oxygen atoms in total. The highest BCUT2D eigenvalue weighted by Gasteiger charge is 2.28. The predicted octanol–water partition coefficient (Wildman–Crippen LogP) is 17.6. The number of hydrogen-bond acceptors (Lipinski definition) is 4. The van der Waals surface area contributed by atoms with E-state index in [0.717, 1.165) is 104 Å². The molecule has 0 aliphatic rings. The van der Waals surface area contributed by atoms with E-state index in [1.165, 1.54) is 32.3 Å². The Morgan fingerprint density at radius 1 is 0.301 bits per heavy atom. The van der Waals surface area contributed by atoms with Gasteiger partial charge in [0, 0.05) is 49.1 Å². The van der Waals surface area contributed by atoms with Gasteiger partial charge in [0.15, 0.2) is 17.5 Å². The summed E-state index contributed by atoms with van der Waals surface area (Å²) in [6.07, 6.45) is 0. The Kier molecular flexibility index (Phi) is 8.36. The fourth-order valence-electron chi connectivity index (χ4n) is 11.7. The molecule has 0 spiro atoms. The summed E-state index contributed by atoms with van der Waals surface area (Å²) in [5, 5.41) is 15.7. The molecule has 0 fully saturated rings. The van der Waals surface area contributed by atoms with Crippen molar-refractivity contribution in [3.05, 3.63) is 237 Å². The molecule has 0 saturated carbocycles. The molecule has 0 bridgehead atoms. The molecule has 338 valence electrons. The van der Waals surface area contributed by atoms with Gasteiger partial charge >= 0.3 is 0 Å². The van der Waals surface area contributed by atoms with Gasteiger partial charge in [-0.3, -0.25) is 0 Å². The maximum Gasteiger partial charge on any atom is 0.168 e. The number of rotatable bonds is 5. The number of nitrogens with zero attached hydrogens (tertiary/aromatic N) is 5. The minimum atomic E-state index is 0.533. The van der Waals surface area contributed by atoms with Crippen molar-refractivity contribution in [1.82, 2.24) is 24.1 Å². The predicted molar refractivity (Wildman–Crippen MR) is 302 cm³/mol. The molecule has 6 heteroatoms. The Hall–Kier alpha value is -9.91. The van der Waals surface area contributed by atoms with E-state index in [1.54, 1.807) is 0 Å². The second kappa shape index (κ2) is 15.3. The van der Waals surface area contributed by atoms with Crippen LogP contribution < -0.4 is 0 Å². The average molecular weight is 930 g/mol. The molecule has 12 aromatic carbocycles. The van der Waals surface area contributed by atoms with E-state index in [4.69, 9.17) is 19.4 Å². The molecule has 0 amide bonds. The van der Waals surface area contributed by atoms with Crippen molar-refractivity contribution in [2.75, 3.05) is 0 Å². The van der Waals surface area contributed by atoms with Crippen LogP contribution in [0.1, 0.15) is 0 Å². The molecule has 0 aliphatic carbocycles. The third-order valence-electron chi connectivity index (χ3n) is 15.0. The first kappa shape index (κ1) is 39.9. The number of para-hydroxylation sites is 3. The van der Waals surface area contributed by atoms with E-state index in [-0.39, 0.29) is 0 Å². The molecular weight excluding hydrogens is 891 g/mol. The van der Waals surface area contributed by atoms with E-state index < -0.39 is 0 Å². The first-order valence-electron chi connectivity index (χ1n) is 24.8. The molecule has 16 rings (SSSR count). The van der Waals surface area contributed by atoms with Crippen molar-refractivity contribution in [2.45, 2.75) is 0 Å². The summed E-state index contributed by atoms with van der Waals surface area (Å²) in [6, 6.07) is 84.5. The quantitative estimate of drug-likeness (QED) is 0.173. The average Bonchev–Trinajstić information content (AvgIpc) is 4.10. The number of benzene rings is 12. The van der Waals surface area contributed by atoms with Crippen LogP contribution in [0.15, 0.2) is 241 Å². The Morgan fingerprint density at radius 3 is 1.49 bits per heavy atom. The van der Waals surface area contributed by atoms with E-state index in [0.29, 0.717) is 17.5 Å². The molecule has 0 N–H and O–H groups in total. The Labute approximate surface area is 417 Å². The first-order valence-corrected chi connectivity index (χ1v) is 24.8. The number of hydrogen-bond donors (Lipinski definition) is 0. The molecule has 0 radical (unpaired) electrons. The van der Waals surface area contributed by atoms with Crippen LogP contribution in [-0.2, 0) is 0 Å². The van der Waals surface area contributed by atoms with Gasteiger partial charge < -0.3 is 13.6 Å². The fourth-order valence-corrected chi connectivity index (χ4v) is 11.7. The third-order valence-corrected chi connectivity index (χ3v) is 15.0. The number of furan rings is 1. The van der Waals surface area contributed by atoms with E-state index in [1.807, 2.05) is 6.07 Å². The van der Waals surface area contributed by atoms with Crippen molar-refractivity contribution < 1.29 is 4.42 Å². The largest absolute Gasteiger partial charge is 0.455 e. The van der Waals surface area contributed by atoms with Crippen LogP contribution in [0, 0.1) is 0 Å². The molecule has 4 aromatic heterocycles. The van der Waals surface area contributed by atoms with E-state index in [2.05, 4.69) is 240 Å². The van der Waals surface area contributed by atoms with Gasteiger partial charge in [0.25, 0.3) is 0 Å². The number of fused-ring (bicyclic) bond motifs is 13. The second-order valence-electron chi connectivity index (χ2n) is 19.1. The summed E-state index contributed by atoms with van der Waals surface area (Å²) in [7, 11) is 0. The monoisotopic (exact) mass is 929 g/mol. The maximum absolute atomic E-state index is 7.23. The molecule has 0 atom stereocenters. The minimum Gasteiger partial charge on any atom is -0.455 e. The lowest BCUT2D eigenvalue weighted by molar-refractivity contribution is 0.670. The van der Waals surface area contributed by atoms with Crippen molar-refractivity contribution in [3.63, 3.8) is 0 Å². The second-order valence-corrected chi connectivity index (χ2v) is 19.1. The Morgan fingerprint density at radius 2 is 0.795 bits per heavy atom. The van der Waals surface area contributed by atoms with Gasteiger partial charge in [0.05, 0.1) is 38.7 Å². The highest BCUT2D eigenvalue weighted by atomic mass is 16.3. The van der Waals surface area contributed by atoms with Gasteiger partial charge in [0.1, 0.15) is 11.2 Å². The van der Waals surface area contributed by atoms with Crippen molar-refractivity contribution in [2.24, 2.45) is 0 Å². The summed E-state index contributed by atoms with van der Waals surface area (Å²) in [4.78, 5) is 16.4. The van der Waals surface area contributed by atoms with Crippen molar-refractivity contribution in [1.29, 1.82) is 0 Å². The summed E-state index contributed by atoms with van der Waals surface area (Å²) in [5.41, 5.74) is 10.8. The smallest absolute Gasteiger partial charge is 0.168 e. The topological polar surface area (TPSA) is 61.7 Å².